The predicted octanol–water partition coefficient (Wildman–Crippen LogP) is 0.896. The quantitative estimate of drug-likeness (QED) is 0.463. The number of β-amino-alcohol motifs (C(OH)–C–C–N with tert-alkyl or cyclic N) is 1. The van der Waals surface area contributed by atoms with Crippen molar-refractivity contribution < 1.29 is 29.0 Å². The van der Waals surface area contributed by atoms with Crippen LogP contribution in [0.4, 0.5) is 0 Å². The van der Waals surface area contributed by atoms with E-state index in [1.807, 2.05) is 20.8 Å². The van der Waals surface area contributed by atoms with Gasteiger partial charge in [0.05, 0.1) is 24.5 Å². The zero-order chi connectivity index (χ0) is 22.3. The molecule has 3 saturated heterocycles. The van der Waals surface area contributed by atoms with Gasteiger partial charge >= 0.3 is 5.97 Å². The van der Waals surface area contributed by atoms with Crippen LogP contribution in [0.15, 0.2) is 25.3 Å². The number of amides is 2. The highest BCUT2D eigenvalue weighted by Gasteiger charge is 2.75. The molecular formula is C22H32N2O6. The molecule has 166 valence electrons. The van der Waals surface area contributed by atoms with Crippen LogP contribution in [0.3, 0.4) is 0 Å². The molecule has 3 aliphatic heterocycles. The molecule has 0 aromatic heterocycles. The van der Waals surface area contributed by atoms with Gasteiger partial charge in [0.2, 0.25) is 11.8 Å². The Morgan fingerprint density at radius 2 is 2.07 bits per heavy atom. The number of ether oxygens (including phenoxy) is 2. The minimum atomic E-state index is -1.09. The second-order valence-corrected chi connectivity index (χ2v) is 9.14. The summed E-state index contributed by atoms with van der Waals surface area (Å²) in [6, 6.07) is -0.900. The number of hydrogen-bond acceptors (Lipinski definition) is 6. The van der Waals surface area contributed by atoms with E-state index in [0.717, 1.165) is 0 Å². The summed E-state index contributed by atoms with van der Waals surface area (Å²) in [6.45, 7) is 13.1. The van der Waals surface area contributed by atoms with Crippen molar-refractivity contribution in [3.05, 3.63) is 25.3 Å². The van der Waals surface area contributed by atoms with Gasteiger partial charge in [-0.05, 0) is 33.6 Å². The molecule has 3 rings (SSSR count). The summed E-state index contributed by atoms with van der Waals surface area (Å²) in [5, 5.41) is 9.59. The molecule has 0 saturated carbocycles. The Balaban J connectivity index is 2.02. The zero-order valence-corrected chi connectivity index (χ0v) is 18.0. The average molecular weight is 421 g/mol. The Kier molecular flexibility index (Phi) is 6.11. The van der Waals surface area contributed by atoms with E-state index in [1.54, 1.807) is 11.0 Å². The summed E-state index contributed by atoms with van der Waals surface area (Å²) in [6.07, 6.45) is 3.74. The normalized spacial score (nSPS) is 32.1. The Morgan fingerprint density at radius 1 is 1.37 bits per heavy atom. The summed E-state index contributed by atoms with van der Waals surface area (Å²) in [4.78, 5) is 43.0. The first-order chi connectivity index (χ1) is 14.1. The highest BCUT2D eigenvalue weighted by atomic mass is 16.6. The maximum absolute atomic E-state index is 13.8. The van der Waals surface area contributed by atoms with Crippen LogP contribution in [0.25, 0.3) is 0 Å². The molecule has 3 aliphatic rings. The third kappa shape index (κ3) is 3.36. The third-order valence-electron chi connectivity index (χ3n) is 6.38. The molecule has 0 aromatic carbocycles. The second-order valence-electron chi connectivity index (χ2n) is 9.14. The summed E-state index contributed by atoms with van der Waals surface area (Å²) in [5.41, 5.74) is -1.59. The van der Waals surface area contributed by atoms with Crippen LogP contribution in [0.5, 0.6) is 0 Å². The number of hydrogen-bond donors (Lipinski definition) is 1. The number of aliphatic hydroxyl groups excluding tert-OH is 1. The van der Waals surface area contributed by atoms with Gasteiger partial charge in [0.25, 0.3) is 0 Å². The van der Waals surface area contributed by atoms with E-state index in [9.17, 15) is 19.5 Å². The Labute approximate surface area is 177 Å². The van der Waals surface area contributed by atoms with Gasteiger partial charge in [-0.1, -0.05) is 18.7 Å². The Morgan fingerprint density at radius 3 is 2.63 bits per heavy atom. The van der Waals surface area contributed by atoms with Crippen LogP contribution < -0.4 is 0 Å². The van der Waals surface area contributed by atoms with Crippen molar-refractivity contribution in [2.45, 2.75) is 56.9 Å². The summed E-state index contributed by atoms with van der Waals surface area (Å²) < 4.78 is 11.5. The highest BCUT2D eigenvalue weighted by Crippen LogP contribution is 2.58. The molecule has 1 N–H and O–H groups in total. The van der Waals surface area contributed by atoms with E-state index in [4.69, 9.17) is 9.47 Å². The number of aliphatic hydroxyl groups is 1. The maximum atomic E-state index is 13.8. The van der Waals surface area contributed by atoms with Gasteiger partial charge in [-0.15, -0.1) is 6.58 Å². The largest absolute Gasteiger partial charge is 0.461 e. The molecule has 2 bridgehead atoms. The summed E-state index contributed by atoms with van der Waals surface area (Å²) in [7, 11) is 0. The topological polar surface area (TPSA) is 96.4 Å². The van der Waals surface area contributed by atoms with Crippen LogP contribution in [-0.2, 0) is 23.9 Å². The second kappa shape index (κ2) is 8.15. The van der Waals surface area contributed by atoms with E-state index in [1.165, 1.54) is 11.0 Å². The maximum Gasteiger partial charge on any atom is 0.312 e. The number of carbonyl (C=O) groups is 3. The van der Waals surface area contributed by atoms with Crippen molar-refractivity contribution in [2.24, 2.45) is 11.8 Å². The summed E-state index contributed by atoms with van der Waals surface area (Å²) in [5.74, 6) is -2.65. The predicted molar refractivity (Wildman–Crippen MR) is 109 cm³/mol. The molecule has 30 heavy (non-hydrogen) atoms. The van der Waals surface area contributed by atoms with E-state index in [-0.39, 0.29) is 31.6 Å². The van der Waals surface area contributed by atoms with Gasteiger partial charge < -0.3 is 24.4 Å². The number of rotatable bonds is 8. The molecule has 0 aromatic rings. The smallest absolute Gasteiger partial charge is 0.312 e. The lowest BCUT2D eigenvalue weighted by Gasteiger charge is -2.41. The van der Waals surface area contributed by atoms with Crippen LogP contribution in [0.1, 0.15) is 33.6 Å². The van der Waals surface area contributed by atoms with Crippen molar-refractivity contribution in [1.29, 1.82) is 0 Å². The van der Waals surface area contributed by atoms with Crippen molar-refractivity contribution in [1.82, 2.24) is 9.80 Å². The lowest BCUT2D eigenvalue weighted by Crippen LogP contribution is -2.60. The lowest BCUT2D eigenvalue weighted by molar-refractivity contribution is -0.155. The zero-order valence-electron chi connectivity index (χ0n) is 18.0. The fraction of sp³-hybridized carbons (Fsp3) is 0.682. The monoisotopic (exact) mass is 420 g/mol. The first-order valence-corrected chi connectivity index (χ1v) is 10.4. The average Bonchev–Trinajstić information content (AvgIpc) is 3.31. The fourth-order valence-electron chi connectivity index (χ4n) is 5.26. The molecular weight excluding hydrogens is 388 g/mol. The number of fused-ring (bicyclic) bond motifs is 1. The van der Waals surface area contributed by atoms with Crippen LogP contribution in [0.2, 0.25) is 0 Å². The van der Waals surface area contributed by atoms with Crippen molar-refractivity contribution in [3.8, 4) is 0 Å². The molecule has 0 radical (unpaired) electrons. The molecule has 8 nitrogen and oxygen atoms in total. The summed E-state index contributed by atoms with van der Waals surface area (Å²) >= 11 is 0. The third-order valence-corrected chi connectivity index (χ3v) is 6.38. The van der Waals surface area contributed by atoms with Crippen LogP contribution in [-0.4, -0.2) is 82.3 Å². The van der Waals surface area contributed by atoms with Gasteiger partial charge in [-0.25, -0.2) is 0 Å². The molecule has 2 amide bonds. The lowest BCUT2D eigenvalue weighted by atomic mass is 9.70. The first kappa shape index (κ1) is 22.5. The van der Waals surface area contributed by atoms with Crippen molar-refractivity contribution in [2.75, 3.05) is 26.3 Å². The number of esters is 1. The molecule has 1 spiro atoms. The number of likely N-dealkylation sites (tertiary alicyclic amines) is 1. The molecule has 3 heterocycles. The van der Waals surface area contributed by atoms with Gasteiger partial charge in [0.1, 0.15) is 18.2 Å². The minimum absolute atomic E-state index is 0.00200. The van der Waals surface area contributed by atoms with E-state index in [2.05, 4.69) is 13.2 Å². The van der Waals surface area contributed by atoms with E-state index < -0.39 is 41.1 Å². The molecule has 0 aliphatic carbocycles. The molecule has 2 unspecified atom stereocenters. The van der Waals surface area contributed by atoms with Crippen LogP contribution >= 0.6 is 0 Å². The van der Waals surface area contributed by atoms with Crippen molar-refractivity contribution in [3.63, 3.8) is 0 Å². The highest BCUT2D eigenvalue weighted by molar-refractivity contribution is 5.98. The van der Waals surface area contributed by atoms with Crippen molar-refractivity contribution >= 4 is 17.8 Å². The van der Waals surface area contributed by atoms with Gasteiger partial charge in [0, 0.05) is 18.6 Å². The van der Waals surface area contributed by atoms with Gasteiger partial charge in [0.15, 0.2) is 0 Å². The van der Waals surface area contributed by atoms with E-state index >= 15 is 0 Å². The Hall–Kier alpha value is -2.19. The standard InChI is InChI=1S/C22H32N2O6/c1-6-10-24(21(3,4)5)19(27)17-22-9-8-14(30-22)15(20(28)29-13-7-2)16(22)18(26)23(17)11-12-25/h6-7,14-17,25H,1-2,8-13H2,3-5H3/t14-,15+,16-,17?,22?/m0/s1. The number of carbonyl (C=O) groups excluding carboxylic acids is 3. The van der Waals surface area contributed by atoms with Crippen LogP contribution in [0, 0.1) is 11.8 Å². The van der Waals surface area contributed by atoms with Gasteiger partial charge in [-0.3, -0.25) is 14.4 Å². The molecule has 8 heteroatoms. The molecule has 5 atom stereocenters. The fourth-order valence-corrected chi connectivity index (χ4v) is 5.26. The number of nitrogens with zero attached hydrogens (tertiary/aromatic N) is 2. The molecule has 3 fully saturated rings. The van der Waals surface area contributed by atoms with Gasteiger partial charge in [-0.2, -0.15) is 0 Å². The Bertz CT molecular complexity index is 744. The minimum Gasteiger partial charge on any atom is -0.461 e. The first-order valence-electron chi connectivity index (χ1n) is 10.4. The SMILES string of the molecule is C=CCOC(=O)[C@@H]1[C@@H]2CCC3(O2)C(C(=O)N(CC=C)C(C)(C)C)N(CCO)C(=O)[C@H]13. The van der Waals surface area contributed by atoms with E-state index in [0.29, 0.717) is 19.4 Å².